The predicted octanol–water partition coefficient (Wildman–Crippen LogP) is 1.85. The molecule has 4 heterocycles. The minimum absolute atomic E-state index is 0.00920. The highest BCUT2D eigenvalue weighted by atomic mass is 16.5. The molecule has 1 aromatic rings. The Kier molecular flexibility index (Phi) is 5.62. The van der Waals surface area contributed by atoms with Crippen LogP contribution in [0.2, 0.25) is 0 Å². The van der Waals surface area contributed by atoms with Crippen molar-refractivity contribution in [2.24, 2.45) is 7.05 Å². The van der Waals surface area contributed by atoms with E-state index >= 15 is 0 Å². The second kappa shape index (κ2) is 8.00. The summed E-state index contributed by atoms with van der Waals surface area (Å²) in [5.41, 5.74) is 3.01. The number of morpholine rings is 1. The highest BCUT2D eigenvalue weighted by Gasteiger charge is 2.40. The quantitative estimate of drug-likeness (QED) is 0.831. The summed E-state index contributed by atoms with van der Waals surface area (Å²) in [6.45, 7) is 7.89. The molecule has 3 aliphatic heterocycles. The normalized spacial score (nSPS) is 27.8. The molecule has 0 radical (unpaired) electrons. The Morgan fingerprint density at radius 1 is 1.18 bits per heavy atom. The van der Waals surface area contributed by atoms with Crippen LogP contribution >= 0.6 is 0 Å². The molecule has 8 heteroatoms. The largest absolute Gasteiger partial charge is 0.381 e. The molecule has 1 N–H and O–H groups in total. The number of nitrogens with one attached hydrogen (secondary N) is 1. The molecule has 28 heavy (non-hydrogen) atoms. The number of rotatable bonds is 2. The van der Waals surface area contributed by atoms with Gasteiger partial charge in [0.1, 0.15) is 0 Å². The topological polar surface area (TPSA) is 77.9 Å². The number of hydrogen-bond acceptors (Lipinski definition) is 5. The highest BCUT2D eigenvalue weighted by Crippen LogP contribution is 2.35. The third-order valence-electron chi connectivity index (χ3n) is 6.51. The maximum atomic E-state index is 13.2. The van der Waals surface area contributed by atoms with Gasteiger partial charge in [0, 0.05) is 50.7 Å². The number of ether oxygens (including phenoxy) is 3. The lowest BCUT2D eigenvalue weighted by molar-refractivity contribution is -0.139. The molecule has 0 aliphatic carbocycles. The summed E-state index contributed by atoms with van der Waals surface area (Å²) in [5, 5.41) is 7.82. The molecule has 2 amide bonds. The molecular formula is C20H32N4O4. The van der Waals surface area contributed by atoms with Crippen LogP contribution in [0.1, 0.15) is 48.7 Å². The summed E-state index contributed by atoms with van der Waals surface area (Å²) in [5.74, 6) is 0. The molecule has 0 aromatic carbocycles. The van der Waals surface area contributed by atoms with Gasteiger partial charge in [-0.05, 0) is 39.5 Å². The van der Waals surface area contributed by atoms with E-state index in [1.807, 2.05) is 30.5 Å². The molecule has 156 valence electrons. The molecule has 4 rings (SSSR count). The minimum Gasteiger partial charge on any atom is -0.381 e. The second-order valence-electron chi connectivity index (χ2n) is 8.28. The molecule has 0 saturated carbocycles. The summed E-state index contributed by atoms with van der Waals surface area (Å²) in [6.07, 6.45) is 3.54. The van der Waals surface area contributed by atoms with Crippen molar-refractivity contribution in [2.75, 3.05) is 39.6 Å². The average Bonchev–Trinajstić information content (AvgIpc) is 2.94. The van der Waals surface area contributed by atoms with E-state index in [1.165, 1.54) is 0 Å². The fourth-order valence-corrected chi connectivity index (χ4v) is 4.86. The van der Waals surface area contributed by atoms with Gasteiger partial charge in [-0.2, -0.15) is 5.10 Å². The van der Waals surface area contributed by atoms with Gasteiger partial charge in [0.25, 0.3) is 0 Å². The molecule has 2 atom stereocenters. The summed E-state index contributed by atoms with van der Waals surface area (Å²) in [6, 6.07) is 0.0309. The van der Waals surface area contributed by atoms with Gasteiger partial charge in [-0.25, -0.2) is 4.79 Å². The number of nitrogens with zero attached hydrogens (tertiary/aromatic N) is 3. The van der Waals surface area contributed by atoms with E-state index in [4.69, 9.17) is 14.2 Å². The van der Waals surface area contributed by atoms with Crippen LogP contribution in [-0.4, -0.2) is 71.9 Å². The first kappa shape index (κ1) is 19.7. The van der Waals surface area contributed by atoms with Crippen molar-refractivity contribution in [3.63, 3.8) is 0 Å². The predicted molar refractivity (Wildman–Crippen MR) is 103 cm³/mol. The van der Waals surface area contributed by atoms with Crippen molar-refractivity contribution in [3.8, 4) is 0 Å². The van der Waals surface area contributed by atoms with Gasteiger partial charge in [0.15, 0.2) is 0 Å². The molecule has 8 nitrogen and oxygen atoms in total. The van der Waals surface area contributed by atoms with Crippen molar-refractivity contribution >= 4 is 6.03 Å². The molecular weight excluding hydrogens is 360 g/mol. The maximum absolute atomic E-state index is 13.2. The van der Waals surface area contributed by atoms with Crippen LogP contribution in [0.25, 0.3) is 0 Å². The Balaban J connectivity index is 1.46. The number of carbonyl (C=O) groups is 1. The zero-order valence-corrected chi connectivity index (χ0v) is 17.2. The highest BCUT2D eigenvalue weighted by molar-refractivity contribution is 5.75. The lowest BCUT2D eigenvalue weighted by atomic mass is 9.84. The number of aryl methyl sites for hydroxylation is 2. The lowest BCUT2D eigenvalue weighted by Gasteiger charge is -2.44. The van der Waals surface area contributed by atoms with Crippen LogP contribution in [0.4, 0.5) is 4.79 Å². The van der Waals surface area contributed by atoms with E-state index in [9.17, 15) is 4.79 Å². The van der Waals surface area contributed by atoms with Gasteiger partial charge in [-0.15, -0.1) is 0 Å². The third kappa shape index (κ3) is 3.77. The Morgan fingerprint density at radius 3 is 2.68 bits per heavy atom. The van der Waals surface area contributed by atoms with E-state index in [0.29, 0.717) is 26.4 Å². The van der Waals surface area contributed by atoms with Crippen LogP contribution in [0.3, 0.4) is 0 Å². The summed E-state index contributed by atoms with van der Waals surface area (Å²) in [4.78, 5) is 15.1. The minimum atomic E-state index is -0.130. The molecule has 0 bridgehead atoms. The van der Waals surface area contributed by atoms with Gasteiger partial charge >= 0.3 is 6.03 Å². The van der Waals surface area contributed by atoms with Crippen molar-refractivity contribution in [1.29, 1.82) is 0 Å². The number of amides is 2. The molecule has 3 aliphatic rings. The zero-order chi connectivity index (χ0) is 19.7. The smallest absolute Gasteiger partial charge is 0.318 e. The Hall–Kier alpha value is -1.64. The van der Waals surface area contributed by atoms with Crippen molar-refractivity contribution in [1.82, 2.24) is 20.0 Å². The van der Waals surface area contributed by atoms with Gasteiger partial charge in [0.05, 0.1) is 30.6 Å². The Bertz CT molecular complexity index is 708. The van der Waals surface area contributed by atoms with Crippen molar-refractivity contribution < 1.29 is 19.0 Å². The number of urea groups is 1. The molecule has 3 saturated heterocycles. The monoisotopic (exact) mass is 392 g/mol. The van der Waals surface area contributed by atoms with Crippen LogP contribution in [0, 0.1) is 13.8 Å². The lowest BCUT2D eigenvalue weighted by Crippen LogP contribution is -2.55. The van der Waals surface area contributed by atoms with Gasteiger partial charge in [-0.3, -0.25) is 4.68 Å². The second-order valence-corrected chi connectivity index (χ2v) is 8.28. The van der Waals surface area contributed by atoms with Crippen molar-refractivity contribution in [2.45, 2.75) is 57.2 Å². The maximum Gasteiger partial charge on any atom is 0.318 e. The standard InChI is InChI=1S/C20H32N4O4/c1-14-18(15(2)23(3)22-14)17-13-27-11-7-24(17)19(25)21-16-4-8-28-20(12-16)5-9-26-10-6-20/h16-17H,4-13H2,1-3H3,(H,21,25). The summed E-state index contributed by atoms with van der Waals surface area (Å²) >= 11 is 0. The van der Waals surface area contributed by atoms with Crippen LogP contribution < -0.4 is 5.32 Å². The first-order valence-electron chi connectivity index (χ1n) is 10.4. The first-order valence-corrected chi connectivity index (χ1v) is 10.4. The third-order valence-corrected chi connectivity index (χ3v) is 6.51. The van der Waals surface area contributed by atoms with Crippen LogP contribution in [0.15, 0.2) is 0 Å². The van der Waals surface area contributed by atoms with E-state index < -0.39 is 0 Å². The van der Waals surface area contributed by atoms with Gasteiger partial charge in [0.2, 0.25) is 0 Å². The van der Waals surface area contributed by atoms with E-state index in [-0.39, 0.29) is 23.7 Å². The van der Waals surface area contributed by atoms with Crippen LogP contribution in [0.5, 0.6) is 0 Å². The number of hydrogen-bond donors (Lipinski definition) is 1. The fraction of sp³-hybridized carbons (Fsp3) is 0.800. The summed E-state index contributed by atoms with van der Waals surface area (Å²) in [7, 11) is 1.94. The van der Waals surface area contributed by atoms with Gasteiger partial charge < -0.3 is 24.4 Å². The van der Waals surface area contributed by atoms with E-state index in [0.717, 1.165) is 55.8 Å². The first-order chi connectivity index (χ1) is 13.5. The van der Waals surface area contributed by atoms with Crippen LogP contribution in [-0.2, 0) is 21.3 Å². The zero-order valence-electron chi connectivity index (χ0n) is 17.2. The van der Waals surface area contributed by atoms with Gasteiger partial charge in [-0.1, -0.05) is 0 Å². The molecule has 1 aromatic heterocycles. The van der Waals surface area contributed by atoms with Crippen molar-refractivity contribution in [3.05, 3.63) is 17.0 Å². The van der Waals surface area contributed by atoms with E-state index in [1.54, 1.807) is 0 Å². The number of carbonyl (C=O) groups excluding carboxylic acids is 1. The Labute approximate surface area is 166 Å². The Morgan fingerprint density at radius 2 is 1.96 bits per heavy atom. The SMILES string of the molecule is Cc1nn(C)c(C)c1C1COCCN1C(=O)NC1CCOC2(CCOCC2)C1. The van der Waals surface area contributed by atoms with E-state index in [2.05, 4.69) is 10.4 Å². The fourth-order valence-electron chi connectivity index (χ4n) is 4.86. The average molecular weight is 393 g/mol. The molecule has 2 unspecified atom stereocenters. The molecule has 1 spiro atoms. The molecule has 3 fully saturated rings. The number of aromatic nitrogens is 2. The summed E-state index contributed by atoms with van der Waals surface area (Å²) < 4.78 is 19.2.